The fourth-order valence-electron chi connectivity index (χ4n) is 2.31. The number of carbonyl (C=O) groups is 2. The van der Waals surface area contributed by atoms with E-state index >= 15 is 0 Å². The number of aliphatic carboxylic acids is 1. The third-order valence-electron chi connectivity index (χ3n) is 3.38. The van der Waals surface area contributed by atoms with Gasteiger partial charge in [0.1, 0.15) is 0 Å². The first-order valence-electron chi connectivity index (χ1n) is 6.93. The van der Waals surface area contributed by atoms with Crippen LogP contribution in [-0.4, -0.2) is 16.9 Å². The Balaban J connectivity index is 3.16. The first kappa shape index (κ1) is 15.4. The van der Waals surface area contributed by atoms with Crippen LogP contribution in [0, 0.1) is 0 Å². The van der Waals surface area contributed by atoms with Crippen LogP contribution < -0.4 is 0 Å². The Labute approximate surface area is 114 Å². The zero-order valence-corrected chi connectivity index (χ0v) is 12.0. The molecule has 19 heavy (non-hydrogen) atoms. The zero-order valence-electron chi connectivity index (χ0n) is 12.0. The monoisotopic (exact) mass is 262 g/mol. The Kier molecular flexibility index (Phi) is 5.74. The molecule has 3 nitrogen and oxygen atoms in total. The van der Waals surface area contributed by atoms with Crippen LogP contribution in [0.25, 0.3) is 0 Å². The van der Waals surface area contributed by atoms with Crippen LogP contribution in [0.5, 0.6) is 0 Å². The number of carboxylic acids is 1. The Morgan fingerprint density at radius 1 is 0.947 bits per heavy atom. The maximum absolute atomic E-state index is 12.2. The SMILES string of the molecule is CCc1cc(CC)c(C(=O)CCC(=O)O)c(CC)c1. The van der Waals surface area contributed by atoms with E-state index in [0.717, 1.165) is 36.0 Å². The highest BCUT2D eigenvalue weighted by molar-refractivity contribution is 6.00. The Hall–Kier alpha value is -1.64. The average Bonchev–Trinajstić information content (AvgIpc) is 2.42. The molecule has 1 aromatic rings. The van der Waals surface area contributed by atoms with Gasteiger partial charge in [-0.3, -0.25) is 9.59 Å². The average molecular weight is 262 g/mol. The summed E-state index contributed by atoms with van der Waals surface area (Å²) in [5.41, 5.74) is 4.09. The van der Waals surface area contributed by atoms with E-state index in [1.807, 2.05) is 13.8 Å². The zero-order chi connectivity index (χ0) is 14.4. The van der Waals surface area contributed by atoms with Gasteiger partial charge < -0.3 is 5.11 Å². The molecule has 1 rings (SSSR count). The number of carboxylic acid groups (broad SMARTS) is 1. The first-order valence-corrected chi connectivity index (χ1v) is 6.93. The van der Waals surface area contributed by atoms with Crippen molar-refractivity contribution in [2.75, 3.05) is 0 Å². The van der Waals surface area contributed by atoms with Crippen LogP contribution in [0.3, 0.4) is 0 Å². The molecule has 0 radical (unpaired) electrons. The summed E-state index contributed by atoms with van der Waals surface area (Å²) >= 11 is 0. The number of Topliss-reactive ketones (excluding diaryl/α,β-unsaturated/α-hetero) is 1. The molecule has 1 aromatic carbocycles. The molecule has 0 aromatic heterocycles. The van der Waals surface area contributed by atoms with Gasteiger partial charge in [-0.15, -0.1) is 0 Å². The van der Waals surface area contributed by atoms with Gasteiger partial charge in [0.15, 0.2) is 5.78 Å². The van der Waals surface area contributed by atoms with Gasteiger partial charge in [0.05, 0.1) is 6.42 Å². The molecule has 0 saturated heterocycles. The normalized spacial score (nSPS) is 10.5. The number of rotatable bonds is 7. The predicted octanol–water partition coefficient (Wildman–Crippen LogP) is 3.42. The molecule has 0 saturated carbocycles. The van der Waals surface area contributed by atoms with Crippen LogP contribution in [0.2, 0.25) is 0 Å². The van der Waals surface area contributed by atoms with Gasteiger partial charge in [0.25, 0.3) is 0 Å². The van der Waals surface area contributed by atoms with E-state index in [-0.39, 0.29) is 18.6 Å². The second-order valence-electron chi connectivity index (χ2n) is 4.67. The summed E-state index contributed by atoms with van der Waals surface area (Å²) in [6, 6.07) is 4.15. The van der Waals surface area contributed by atoms with Crippen molar-refractivity contribution in [1.82, 2.24) is 0 Å². The minimum atomic E-state index is -0.922. The molecule has 1 N–H and O–H groups in total. The van der Waals surface area contributed by atoms with Crippen LogP contribution in [0.15, 0.2) is 12.1 Å². The fourth-order valence-corrected chi connectivity index (χ4v) is 2.31. The third-order valence-corrected chi connectivity index (χ3v) is 3.38. The van der Waals surface area contributed by atoms with E-state index < -0.39 is 5.97 Å². The van der Waals surface area contributed by atoms with Crippen LogP contribution in [0.4, 0.5) is 0 Å². The van der Waals surface area contributed by atoms with Gasteiger partial charge in [-0.1, -0.05) is 32.9 Å². The molecule has 0 aliphatic heterocycles. The lowest BCUT2D eigenvalue weighted by Crippen LogP contribution is -2.10. The highest BCUT2D eigenvalue weighted by atomic mass is 16.4. The second kappa shape index (κ2) is 7.07. The molecular weight excluding hydrogens is 240 g/mol. The van der Waals surface area contributed by atoms with Crippen molar-refractivity contribution in [2.24, 2.45) is 0 Å². The lowest BCUT2D eigenvalue weighted by Gasteiger charge is -2.14. The van der Waals surface area contributed by atoms with E-state index in [4.69, 9.17) is 5.11 Å². The Bertz CT molecular complexity index is 450. The molecule has 0 aliphatic carbocycles. The third kappa shape index (κ3) is 3.91. The topological polar surface area (TPSA) is 54.4 Å². The molecule has 0 atom stereocenters. The summed E-state index contributed by atoms with van der Waals surface area (Å²) in [7, 11) is 0. The quantitative estimate of drug-likeness (QED) is 0.766. The number of ketones is 1. The van der Waals surface area contributed by atoms with Crippen molar-refractivity contribution < 1.29 is 14.7 Å². The van der Waals surface area contributed by atoms with Crippen LogP contribution in [-0.2, 0) is 24.1 Å². The summed E-state index contributed by atoms with van der Waals surface area (Å²) in [5, 5.41) is 8.69. The number of benzene rings is 1. The highest BCUT2D eigenvalue weighted by Gasteiger charge is 2.16. The minimum absolute atomic E-state index is 0.0428. The summed E-state index contributed by atoms with van der Waals surface area (Å²) in [5.74, 6) is -0.964. The number of hydrogen-bond donors (Lipinski definition) is 1. The lowest BCUT2D eigenvalue weighted by atomic mass is 9.90. The van der Waals surface area contributed by atoms with Gasteiger partial charge in [-0.05, 0) is 36.0 Å². The van der Waals surface area contributed by atoms with Gasteiger partial charge >= 0.3 is 5.97 Å². The van der Waals surface area contributed by atoms with Gasteiger partial charge in [-0.2, -0.15) is 0 Å². The van der Waals surface area contributed by atoms with Crippen molar-refractivity contribution >= 4 is 11.8 Å². The fraction of sp³-hybridized carbons (Fsp3) is 0.500. The van der Waals surface area contributed by atoms with Crippen molar-refractivity contribution in [3.8, 4) is 0 Å². The number of hydrogen-bond acceptors (Lipinski definition) is 2. The lowest BCUT2D eigenvalue weighted by molar-refractivity contribution is -0.136. The second-order valence-corrected chi connectivity index (χ2v) is 4.67. The molecule has 0 bridgehead atoms. The van der Waals surface area contributed by atoms with Crippen molar-refractivity contribution in [2.45, 2.75) is 52.9 Å². The first-order chi connectivity index (χ1) is 9.03. The molecule has 0 aliphatic rings. The summed E-state index contributed by atoms with van der Waals surface area (Å²) in [6.07, 6.45) is 2.54. The molecule has 104 valence electrons. The van der Waals surface area contributed by atoms with Crippen molar-refractivity contribution in [3.63, 3.8) is 0 Å². The maximum Gasteiger partial charge on any atom is 0.303 e. The molecule has 3 heteroatoms. The number of aryl methyl sites for hydroxylation is 3. The number of carbonyl (C=O) groups excluding carboxylic acids is 1. The smallest absolute Gasteiger partial charge is 0.303 e. The summed E-state index contributed by atoms with van der Waals surface area (Å²) < 4.78 is 0. The maximum atomic E-state index is 12.2. The highest BCUT2D eigenvalue weighted by Crippen LogP contribution is 2.22. The molecule has 0 heterocycles. The minimum Gasteiger partial charge on any atom is -0.481 e. The van der Waals surface area contributed by atoms with E-state index in [9.17, 15) is 9.59 Å². The van der Waals surface area contributed by atoms with Crippen LogP contribution in [0.1, 0.15) is 60.7 Å². The summed E-state index contributed by atoms with van der Waals surface area (Å²) in [4.78, 5) is 22.8. The van der Waals surface area contributed by atoms with E-state index in [0.29, 0.717) is 0 Å². The van der Waals surface area contributed by atoms with Crippen molar-refractivity contribution in [3.05, 3.63) is 34.4 Å². The van der Waals surface area contributed by atoms with E-state index in [2.05, 4.69) is 19.1 Å². The molecule has 0 amide bonds. The standard InChI is InChI=1S/C16H22O3/c1-4-11-9-12(5-2)16(13(6-3)10-11)14(17)7-8-15(18)19/h9-10H,4-8H2,1-3H3,(H,18,19). The van der Waals surface area contributed by atoms with Gasteiger partial charge in [-0.25, -0.2) is 0 Å². The van der Waals surface area contributed by atoms with Crippen LogP contribution >= 0.6 is 0 Å². The Morgan fingerprint density at radius 3 is 1.84 bits per heavy atom. The predicted molar refractivity (Wildman–Crippen MR) is 75.8 cm³/mol. The van der Waals surface area contributed by atoms with E-state index in [1.54, 1.807) is 0 Å². The summed E-state index contributed by atoms with van der Waals surface area (Å²) in [6.45, 7) is 6.16. The molecule has 0 fully saturated rings. The van der Waals surface area contributed by atoms with Gasteiger partial charge in [0.2, 0.25) is 0 Å². The largest absolute Gasteiger partial charge is 0.481 e. The van der Waals surface area contributed by atoms with E-state index in [1.165, 1.54) is 5.56 Å². The molecule has 0 spiro atoms. The van der Waals surface area contributed by atoms with Gasteiger partial charge in [0, 0.05) is 12.0 Å². The Morgan fingerprint density at radius 2 is 1.47 bits per heavy atom. The molecule has 0 unspecified atom stereocenters. The van der Waals surface area contributed by atoms with Crippen molar-refractivity contribution in [1.29, 1.82) is 0 Å². The molecular formula is C16H22O3.